The predicted molar refractivity (Wildman–Crippen MR) is 49.3 cm³/mol. The summed E-state index contributed by atoms with van der Waals surface area (Å²) in [5.41, 5.74) is 10.2. The molecule has 0 saturated carbocycles. The minimum atomic E-state index is -0.511. The predicted octanol–water partition coefficient (Wildman–Crippen LogP) is -0.881. The van der Waals surface area contributed by atoms with E-state index in [1.54, 1.807) is 13.8 Å². The van der Waals surface area contributed by atoms with Crippen LogP contribution in [0, 0.1) is 0 Å². The van der Waals surface area contributed by atoms with Gasteiger partial charge in [-0.25, -0.2) is 4.63 Å². The van der Waals surface area contributed by atoms with Crippen LogP contribution in [0.5, 0.6) is 0 Å². The van der Waals surface area contributed by atoms with Gasteiger partial charge in [-0.2, -0.15) is 0 Å². The van der Waals surface area contributed by atoms with Crippen LogP contribution in [0.4, 0.5) is 5.82 Å². The maximum absolute atomic E-state index is 11.5. The Morgan fingerprint density at radius 3 is 2.64 bits per heavy atom. The normalized spacial score (nSPS) is 11.4. The van der Waals surface area contributed by atoms with Gasteiger partial charge in [0.15, 0.2) is 0 Å². The molecule has 0 atom stereocenters. The molecule has 0 spiro atoms. The maximum Gasteiger partial charge on any atom is 0.277 e. The lowest BCUT2D eigenvalue weighted by atomic mass is 10.1. The highest BCUT2D eigenvalue weighted by Crippen LogP contribution is 2.06. The Bertz CT molecular complexity index is 333. The Morgan fingerprint density at radius 1 is 1.57 bits per heavy atom. The first kappa shape index (κ1) is 10.5. The van der Waals surface area contributed by atoms with Crippen molar-refractivity contribution in [3.8, 4) is 0 Å². The van der Waals surface area contributed by atoms with Gasteiger partial charge in [-0.3, -0.25) is 4.79 Å². The summed E-state index contributed by atoms with van der Waals surface area (Å²) in [6.45, 7) is 3.88. The molecule has 1 heterocycles. The molecule has 5 N–H and O–H groups in total. The average Bonchev–Trinajstić information content (AvgIpc) is 2.51. The van der Waals surface area contributed by atoms with E-state index in [0.29, 0.717) is 6.54 Å². The van der Waals surface area contributed by atoms with Crippen molar-refractivity contribution in [2.75, 3.05) is 12.3 Å². The number of nitrogens with one attached hydrogen (secondary N) is 1. The van der Waals surface area contributed by atoms with Crippen molar-refractivity contribution in [2.24, 2.45) is 5.73 Å². The van der Waals surface area contributed by atoms with Crippen LogP contribution in [-0.4, -0.2) is 28.3 Å². The summed E-state index contributed by atoms with van der Waals surface area (Å²) in [5, 5.41) is 9.31. The molecule has 0 aliphatic heterocycles. The summed E-state index contributed by atoms with van der Waals surface area (Å²) < 4.78 is 4.30. The van der Waals surface area contributed by atoms with Crippen molar-refractivity contribution in [3.05, 3.63) is 5.69 Å². The fourth-order valence-electron chi connectivity index (χ4n) is 0.771. The molecular formula is C7H13N5O2. The second kappa shape index (κ2) is 3.62. The van der Waals surface area contributed by atoms with Crippen LogP contribution in [0.15, 0.2) is 4.63 Å². The van der Waals surface area contributed by atoms with Gasteiger partial charge in [-0.15, -0.1) is 0 Å². The number of nitrogens with two attached hydrogens (primary N) is 2. The lowest BCUT2D eigenvalue weighted by Crippen LogP contribution is -2.49. The first-order valence-electron chi connectivity index (χ1n) is 4.07. The van der Waals surface area contributed by atoms with Crippen LogP contribution < -0.4 is 16.8 Å². The Balaban J connectivity index is 2.73. The summed E-state index contributed by atoms with van der Waals surface area (Å²) in [7, 11) is 0. The molecule has 0 aliphatic rings. The fraction of sp³-hybridized carbons (Fsp3) is 0.571. The van der Waals surface area contributed by atoms with Gasteiger partial charge >= 0.3 is 0 Å². The van der Waals surface area contributed by atoms with Crippen LogP contribution in [0.1, 0.15) is 24.3 Å². The third kappa shape index (κ3) is 2.19. The Hall–Kier alpha value is -1.63. The minimum Gasteiger partial charge on any atom is -0.379 e. The number of anilines is 1. The van der Waals surface area contributed by atoms with E-state index in [4.69, 9.17) is 11.5 Å². The third-order valence-corrected chi connectivity index (χ3v) is 1.69. The highest BCUT2D eigenvalue weighted by Gasteiger charge is 2.23. The zero-order valence-corrected chi connectivity index (χ0v) is 8.07. The zero-order chi connectivity index (χ0) is 10.8. The molecule has 14 heavy (non-hydrogen) atoms. The minimum absolute atomic E-state index is 0.0217. The summed E-state index contributed by atoms with van der Waals surface area (Å²) in [6, 6.07) is 0. The molecule has 0 saturated heterocycles. The first-order valence-corrected chi connectivity index (χ1v) is 4.07. The molecule has 0 radical (unpaired) electrons. The molecule has 0 aromatic carbocycles. The van der Waals surface area contributed by atoms with E-state index in [2.05, 4.69) is 20.3 Å². The maximum atomic E-state index is 11.5. The zero-order valence-electron chi connectivity index (χ0n) is 8.07. The highest BCUT2D eigenvalue weighted by molar-refractivity contribution is 5.96. The second-order valence-corrected chi connectivity index (χ2v) is 3.54. The number of hydrogen-bond donors (Lipinski definition) is 3. The number of carbonyl (C=O) groups is 1. The quantitative estimate of drug-likeness (QED) is 0.581. The fourth-order valence-corrected chi connectivity index (χ4v) is 0.771. The summed E-state index contributed by atoms with van der Waals surface area (Å²) in [5.74, 6) is -0.477. The Labute approximate surface area is 80.8 Å². The van der Waals surface area contributed by atoms with E-state index in [0.717, 1.165) is 0 Å². The average molecular weight is 199 g/mol. The van der Waals surface area contributed by atoms with Gasteiger partial charge in [0.25, 0.3) is 5.91 Å². The van der Waals surface area contributed by atoms with Gasteiger partial charge in [-0.1, -0.05) is 0 Å². The number of amides is 1. The number of nitrogen functional groups attached to an aromatic ring is 1. The monoisotopic (exact) mass is 199 g/mol. The largest absolute Gasteiger partial charge is 0.379 e. The van der Waals surface area contributed by atoms with Crippen LogP contribution in [0.25, 0.3) is 0 Å². The molecule has 0 fully saturated rings. The van der Waals surface area contributed by atoms with Gasteiger partial charge in [0.05, 0.1) is 0 Å². The van der Waals surface area contributed by atoms with E-state index >= 15 is 0 Å². The Morgan fingerprint density at radius 2 is 2.21 bits per heavy atom. The molecule has 0 bridgehead atoms. The summed E-state index contributed by atoms with van der Waals surface area (Å²) >= 11 is 0. The molecule has 7 nitrogen and oxygen atoms in total. The molecule has 0 unspecified atom stereocenters. The molecule has 7 heteroatoms. The van der Waals surface area contributed by atoms with Gasteiger partial charge in [0.1, 0.15) is 0 Å². The van der Waals surface area contributed by atoms with E-state index in [9.17, 15) is 4.79 Å². The standard InChI is InChI=1S/C7H13N5O2/c1-7(2,3-8)10-6(13)4-5(9)12-14-11-4/h3,8H2,1-2H3,(H2,9,12)(H,10,13). The van der Waals surface area contributed by atoms with Crippen LogP contribution in [0.3, 0.4) is 0 Å². The topological polar surface area (TPSA) is 120 Å². The molecule has 1 amide bonds. The van der Waals surface area contributed by atoms with Crippen molar-refractivity contribution in [2.45, 2.75) is 19.4 Å². The van der Waals surface area contributed by atoms with Crippen LogP contribution in [-0.2, 0) is 0 Å². The molecule has 1 aromatic rings. The van der Waals surface area contributed by atoms with Gasteiger partial charge in [0, 0.05) is 12.1 Å². The lowest BCUT2D eigenvalue weighted by Gasteiger charge is -2.23. The number of nitrogens with zero attached hydrogens (tertiary/aromatic N) is 2. The van der Waals surface area contributed by atoms with Crippen molar-refractivity contribution >= 4 is 11.7 Å². The van der Waals surface area contributed by atoms with E-state index in [-0.39, 0.29) is 11.5 Å². The molecule has 78 valence electrons. The third-order valence-electron chi connectivity index (χ3n) is 1.69. The van der Waals surface area contributed by atoms with Crippen molar-refractivity contribution in [1.82, 2.24) is 15.6 Å². The van der Waals surface area contributed by atoms with Crippen molar-refractivity contribution in [1.29, 1.82) is 0 Å². The van der Waals surface area contributed by atoms with Crippen LogP contribution >= 0.6 is 0 Å². The first-order chi connectivity index (χ1) is 6.46. The highest BCUT2D eigenvalue weighted by atomic mass is 16.6. The van der Waals surface area contributed by atoms with Crippen LogP contribution in [0.2, 0.25) is 0 Å². The second-order valence-electron chi connectivity index (χ2n) is 3.54. The van der Waals surface area contributed by atoms with Gasteiger partial charge in [-0.05, 0) is 24.2 Å². The summed E-state index contributed by atoms with van der Waals surface area (Å²) in [6.07, 6.45) is 0. The molecular weight excluding hydrogens is 186 g/mol. The Kier molecular flexibility index (Phi) is 2.70. The SMILES string of the molecule is CC(C)(CN)NC(=O)c1nonc1N. The lowest BCUT2D eigenvalue weighted by molar-refractivity contribution is 0.0906. The molecule has 1 rings (SSSR count). The number of rotatable bonds is 3. The summed E-state index contributed by atoms with van der Waals surface area (Å²) in [4.78, 5) is 11.5. The number of carbonyl (C=O) groups excluding carboxylic acids is 1. The van der Waals surface area contributed by atoms with E-state index in [1.807, 2.05) is 0 Å². The smallest absolute Gasteiger partial charge is 0.277 e. The van der Waals surface area contributed by atoms with E-state index in [1.165, 1.54) is 0 Å². The van der Waals surface area contributed by atoms with Gasteiger partial charge < -0.3 is 16.8 Å². The molecule has 0 aliphatic carbocycles. The van der Waals surface area contributed by atoms with Crippen molar-refractivity contribution in [3.63, 3.8) is 0 Å². The van der Waals surface area contributed by atoms with Gasteiger partial charge in [0.2, 0.25) is 11.5 Å². The number of aromatic nitrogens is 2. The number of hydrogen-bond acceptors (Lipinski definition) is 6. The van der Waals surface area contributed by atoms with E-state index < -0.39 is 11.4 Å². The van der Waals surface area contributed by atoms with Crippen molar-refractivity contribution < 1.29 is 9.42 Å². The molecule has 1 aromatic heterocycles.